The van der Waals surface area contributed by atoms with E-state index < -0.39 is 11.9 Å². The molecular weight excluding hydrogens is 436 g/mol. The molecule has 9 heteroatoms. The number of piperidine rings is 1. The number of para-hydroxylation sites is 1. The third-order valence-electron chi connectivity index (χ3n) is 7.35. The lowest BCUT2D eigenvalue weighted by Crippen LogP contribution is -2.52. The molecule has 0 radical (unpaired) electrons. The Labute approximate surface area is 196 Å². The Hall–Kier alpha value is -3.72. The van der Waals surface area contributed by atoms with Crippen molar-refractivity contribution in [3.8, 4) is 0 Å². The second-order valence-electron chi connectivity index (χ2n) is 9.39. The van der Waals surface area contributed by atoms with E-state index in [9.17, 15) is 19.2 Å². The minimum atomic E-state index is -0.665. The molecule has 9 nitrogen and oxygen atoms in total. The largest absolute Gasteiger partial charge is 0.380 e. The number of hydrogen-bond donors (Lipinski definition) is 2. The highest BCUT2D eigenvalue weighted by atomic mass is 16.5. The molecule has 4 aliphatic heterocycles. The zero-order chi connectivity index (χ0) is 23.4. The second-order valence-corrected chi connectivity index (χ2v) is 9.39. The average Bonchev–Trinajstić information content (AvgIpc) is 3.52. The van der Waals surface area contributed by atoms with Crippen molar-refractivity contribution < 1.29 is 23.9 Å². The van der Waals surface area contributed by atoms with Gasteiger partial charge in [0.25, 0.3) is 5.91 Å². The summed E-state index contributed by atoms with van der Waals surface area (Å²) in [5.41, 5.74) is 3.71. The molecule has 1 spiro atoms. The van der Waals surface area contributed by atoms with E-state index in [4.69, 9.17) is 4.74 Å². The number of benzene rings is 2. The van der Waals surface area contributed by atoms with Gasteiger partial charge in [0.1, 0.15) is 6.04 Å². The number of ether oxygens (including phenoxy) is 1. The fourth-order valence-electron chi connectivity index (χ4n) is 5.60. The molecule has 0 aromatic heterocycles. The number of nitrogens with zero attached hydrogens (tertiary/aromatic N) is 2. The Morgan fingerprint density at radius 2 is 2.00 bits per heavy atom. The van der Waals surface area contributed by atoms with E-state index in [1.807, 2.05) is 18.2 Å². The Balaban J connectivity index is 1.20. The molecule has 34 heavy (non-hydrogen) atoms. The van der Waals surface area contributed by atoms with E-state index in [0.29, 0.717) is 37.4 Å². The van der Waals surface area contributed by atoms with Crippen LogP contribution >= 0.6 is 0 Å². The molecule has 5 amide bonds. The molecule has 2 atom stereocenters. The van der Waals surface area contributed by atoms with Crippen LogP contribution < -0.4 is 15.5 Å². The molecule has 2 saturated heterocycles. The maximum Gasteiger partial charge on any atom is 0.326 e. The van der Waals surface area contributed by atoms with Gasteiger partial charge in [0, 0.05) is 48.5 Å². The fourth-order valence-corrected chi connectivity index (χ4v) is 5.60. The van der Waals surface area contributed by atoms with Crippen molar-refractivity contribution in [3.05, 3.63) is 59.2 Å². The third-order valence-corrected chi connectivity index (χ3v) is 7.35. The summed E-state index contributed by atoms with van der Waals surface area (Å²) >= 11 is 0. The number of anilines is 2. The summed E-state index contributed by atoms with van der Waals surface area (Å²) in [6, 6.07) is 12.2. The first-order chi connectivity index (χ1) is 16.4. The predicted octanol–water partition coefficient (Wildman–Crippen LogP) is 2.16. The Morgan fingerprint density at radius 1 is 1.15 bits per heavy atom. The average molecular weight is 460 g/mol. The molecule has 4 aliphatic rings. The van der Waals surface area contributed by atoms with Crippen molar-refractivity contribution in [2.75, 3.05) is 30.0 Å². The maximum atomic E-state index is 13.3. The predicted molar refractivity (Wildman–Crippen MR) is 122 cm³/mol. The molecule has 174 valence electrons. The van der Waals surface area contributed by atoms with Crippen LogP contribution in [0, 0.1) is 0 Å². The SMILES string of the molecule is O=C1CCC(N2Cc3cc(NC(=O)N4CC5(CCOC5)c5ccccc54)ccc3C2=O)C(=O)N1. The monoisotopic (exact) mass is 460 g/mol. The van der Waals surface area contributed by atoms with Gasteiger partial charge < -0.3 is 15.0 Å². The summed E-state index contributed by atoms with van der Waals surface area (Å²) in [5, 5.41) is 5.28. The van der Waals surface area contributed by atoms with Crippen LogP contribution in [0.1, 0.15) is 40.7 Å². The van der Waals surface area contributed by atoms with Gasteiger partial charge in [-0.15, -0.1) is 0 Å². The van der Waals surface area contributed by atoms with Gasteiger partial charge in [-0.05, 0) is 48.2 Å². The fraction of sp³-hybridized carbons (Fsp3) is 0.360. The minimum absolute atomic E-state index is 0.166. The number of rotatable bonds is 2. The van der Waals surface area contributed by atoms with Crippen molar-refractivity contribution in [1.82, 2.24) is 10.2 Å². The molecule has 0 bridgehead atoms. The number of nitrogens with one attached hydrogen (secondary N) is 2. The highest BCUT2D eigenvalue weighted by molar-refractivity contribution is 6.07. The topological polar surface area (TPSA) is 108 Å². The third kappa shape index (κ3) is 3.19. The van der Waals surface area contributed by atoms with Crippen LogP contribution in [0.25, 0.3) is 0 Å². The van der Waals surface area contributed by atoms with E-state index in [1.54, 1.807) is 23.1 Å². The molecule has 2 N–H and O–H groups in total. The zero-order valence-electron chi connectivity index (χ0n) is 18.5. The van der Waals surface area contributed by atoms with Gasteiger partial charge in [-0.3, -0.25) is 24.6 Å². The first kappa shape index (κ1) is 20.9. The molecule has 4 heterocycles. The molecule has 0 saturated carbocycles. The first-order valence-corrected chi connectivity index (χ1v) is 11.5. The summed E-state index contributed by atoms with van der Waals surface area (Å²) in [5.74, 6) is -0.993. The van der Waals surface area contributed by atoms with Crippen LogP contribution in [0.2, 0.25) is 0 Å². The molecule has 2 fully saturated rings. The zero-order valence-corrected chi connectivity index (χ0v) is 18.5. The van der Waals surface area contributed by atoms with E-state index in [2.05, 4.69) is 16.7 Å². The van der Waals surface area contributed by atoms with Gasteiger partial charge in [0.05, 0.1) is 6.61 Å². The lowest BCUT2D eigenvalue weighted by molar-refractivity contribution is -0.136. The minimum Gasteiger partial charge on any atom is -0.380 e. The lowest BCUT2D eigenvalue weighted by Gasteiger charge is -2.29. The van der Waals surface area contributed by atoms with Gasteiger partial charge in [-0.25, -0.2) is 4.79 Å². The number of carbonyl (C=O) groups is 4. The number of imide groups is 1. The van der Waals surface area contributed by atoms with E-state index >= 15 is 0 Å². The van der Waals surface area contributed by atoms with Crippen molar-refractivity contribution in [3.63, 3.8) is 0 Å². The summed E-state index contributed by atoms with van der Waals surface area (Å²) < 4.78 is 5.68. The number of hydrogen-bond acceptors (Lipinski definition) is 5. The van der Waals surface area contributed by atoms with Gasteiger partial charge >= 0.3 is 6.03 Å². The Bertz CT molecular complexity index is 1240. The summed E-state index contributed by atoms with van der Waals surface area (Å²) in [6.45, 7) is 2.11. The molecule has 2 aromatic carbocycles. The number of urea groups is 1. The molecular formula is C25H24N4O5. The standard InChI is InChI=1S/C25H24N4O5/c30-21-8-7-20(22(31)27-21)28-12-15-11-16(5-6-17(15)23(28)32)26-24(33)29-13-25(9-10-34-14-25)18-3-1-2-4-19(18)29/h1-6,11,20H,7-10,12-14H2,(H,26,33)(H,27,30,31). The van der Waals surface area contributed by atoms with E-state index in [1.165, 1.54) is 4.90 Å². The molecule has 6 rings (SSSR count). The lowest BCUT2D eigenvalue weighted by atomic mass is 9.82. The maximum absolute atomic E-state index is 13.3. The van der Waals surface area contributed by atoms with Gasteiger partial charge in [0.2, 0.25) is 11.8 Å². The molecule has 2 unspecified atom stereocenters. The van der Waals surface area contributed by atoms with Crippen molar-refractivity contribution >= 4 is 35.1 Å². The highest BCUT2D eigenvalue weighted by Gasteiger charge is 2.47. The van der Waals surface area contributed by atoms with Crippen LogP contribution in [0.15, 0.2) is 42.5 Å². The van der Waals surface area contributed by atoms with Crippen molar-refractivity contribution in [2.24, 2.45) is 0 Å². The Morgan fingerprint density at radius 3 is 2.79 bits per heavy atom. The summed E-state index contributed by atoms with van der Waals surface area (Å²) in [4.78, 5) is 53.2. The van der Waals surface area contributed by atoms with Crippen LogP contribution in [0.4, 0.5) is 16.2 Å². The summed E-state index contributed by atoms with van der Waals surface area (Å²) in [6.07, 6.45) is 1.40. The number of fused-ring (bicyclic) bond motifs is 3. The van der Waals surface area contributed by atoms with E-state index in [-0.39, 0.29) is 36.2 Å². The van der Waals surface area contributed by atoms with Gasteiger partial charge in [0.15, 0.2) is 0 Å². The van der Waals surface area contributed by atoms with Crippen molar-refractivity contribution in [1.29, 1.82) is 0 Å². The molecule has 2 aromatic rings. The number of amides is 5. The first-order valence-electron chi connectivity index (χ1n) is 11.5. The van der Waals surface area contributed by atoms with Crippen molar-refractivity contribution in [2.45, 2.75) is 37.3 Å². The smallest absolute Gasteiger partial charge is 0.326 e. The molecule has 0 aliphatic carbocycles. The van der Waals surface area contributed by atoms with Gasteiger partial charge in [-0.1, -0.05) is 18.2 Å². The quantitative estimate of drug-likeness (QED) is 0.668. The van der Waals surface area contributed by atoms with Crippen LogP contribution in [0.5, 0.6) is 0 Å². The van der Waals surface area contributed by atoms with Crippen LogP contribution in [-0.4, -0.2) is 54.5 Å². The van der Waals surface area contributed by atoms with Crippen LogP contribution in [-0.2, 0) is 26.3 Å². The van der Waals surface area contributed by atoms with Crippen LogP contribution in [0.3, 0.4) is 0 Å². The highest BCUT2D eigenvalue weighted by Crippen LogP contribution is 2.45. The Kier molecular flexibility index (Phi) is 4.70. The van der Waals surface area contributed by atoms with Gasteiger partial charge in [-0.2, -0.15) is 0 Å². The number of carbonyl (C=O) groups excluding carboxylic acids is 4. The van der Waals surface area contributed by atoms with E-state index in [0.717, 1.165) is 23.2 Å². The second kappa shape index (κ2) is 7.66. The normalized spacial score (nSPS) is 25.5. The summed E-state index contributed by atoms with van der Waals surface area (Å²) in [7, 11) is 0.